The Bertz CT molecular complexity index is 1690. The Kier molecular flexibility index (Phi) is 8.16. The van der Waals surface area contributed by atoms with Crippen LogP contribution in [0.4, 0.5) is 32.0 Å². The van der Waals surface area contributed by atoms with E-state index in [2.05, 4.69) is 9.89 Å². The molecule has 44 heavy (non-hydrogen) atoms. The molecule has 2 aromatic heterocycles. The number of hydrogen-bond donors (Lipinski definition) is 0. The quantitative estimate of drug-likeness (QED) is 0.201. The van der Waals surface area contributed by atoms with Crippen LogP contribution in [0.25, 0.3) is 22.6 Å². The van der Waals surface area contributed by atoms with Crippen molar-refractivity contribution in [1.29, 1.82) is 0 Å². The molecular weight excluding hydrogens is 598 g/mol. The van der Waals surface area contributed by atoms with Gasteiger partial charge in [-0.1, -0.05) is 17.3 Å². The van der Waals surface area contributed by atoms with Crippen LogP contribution in [0, 0.1) is 0 Å². The summed E-state index contributed by atoms with van der Waals surface area (Å²) < 4.78 is 85.6. The van der Waals surface area contributed by atoms with E-state index in [0.29, 0.717) is 35.7 Å². The number of carbonyl (C=O) groups is 1. The lowest BCUT2D eigenvalue weighted by Crippen LogP contribution is -2.59. The number of hydrogen-bond acceptors (Lipinski definition) is 7. The monoisotopic (exact) mass is 623 g/mol. The van der Waals surface area contributed by atoms with Crippen LogP contribution in [-0.2, 0) is 16.2 Å². The van der Waals surface area contributed by atoms with E-state index in [-0.39, 0.29) is 30.9 Å². The van der Waals surface area contributed by atoms with Crippen molar-refractivity contribution in [2.75, 3.05) is 38.1 Å². The summed E-state index contributed by atoms with van der Waals surface area (Å²) in [7, 11) is 1.43. The van der Waals surface area contributed by atoms with Crippen molar-refractivity contribution in [3.8, 4) is 28.3 Å². The molecule has 5 rings (SSSR count). The number of alkyl halides is 6. The number of ether oxygens (including phenoxy) is 1. The van der Waals surface area contributed by atoms with E-state index in [1.807, 2.05) is 23.1 Å². The van der Waals surface area contributed by atoms with Crippen LogP contribution in [0.1, 0.15) is 5.56 Å². The van der Waals surface area contributed by atoms with Gasteiger partial charge in [0, 0.05) is 35.1 Å². The number of nitrogens with zero attached hydrogens (tertiary/aromatic N) is 4. The number of rotatable bonds is 7. The Balaban J connectivity index is 1.26. The van der Waals surface area contributed by atoms with E-state index in [4.69, 9.17) is 9.36 Å². The summed E-state index contributed by atoms with van der Waals surface area (Å²) in [4.78, 5) is 30.6. The van der Waals surface area contributed by atoms with Crippen molar-refractivity contribution < 1.29 is 49.9 Å². The second kappa shape index (κ2) is 11.7. The fourth-order valence-corrected chi connectivity index (χ4v) is 4.71. The molecule has 2 aromatic carbocycles. The molecule has 0 spiro atoms. The third-order valence-corrected chi connectivity index (χ3v) is 7.01. The van der Waals surface area contributed by atoms with E-state index in [1.54, 1.807) is 24.4 Å². The number of benzene rings is 2. The van der Waals surface area contributed by atoms with Crippen molar-refractivity contribution >= 4 is 11.7 Å². The molecule has 1 fully saturated rings. The highest BCUT2D eigenvalue weighted by Crippen LogP contribution is 2.29. The number of quaternary nitrogens is 1. The SMILES string of the molecule is C[N+]1(OC(=O)C(F)(F)F)CCN(c2cccc(Cn3cc(-c4cc(-c5ccc(OC(F)(F)F)cc5)no4)ccc3=O)c2)CC1. The highest BCUT2D eigenvalue weighted by Gasteiger charge is 2.47. The van der Waals surface area contributed by atoms with Crippen LogP contribution in [0.5, 0.6) is 5.75 Å². The number of anilines is 1. The van der Waals surface area contributed by atoms with Gasteiger partial charge < -0.3 is 18.7 Å². The molecule has 0 atom stereocenters. The van der Waals surface area contributed by atoms with E-state index < -0.39 is 23.2 Å². The van der Waals surface area contributed by atoms with Gasteiger partial charge in [-0.2, -0.15) is 13.2 Å². The zero-order valence-corrected chi connectivity index (χ0v) is 23.1. The van der Waals surface area contributed by atoms with E-state index >= 15 is 0 Å². The summed E-state index contributed by atoms with van der Waals surface area (Å²) >= 11 is 0. The largest absolute Gasteiger partial charge is 0.573 e. The molecule has 3 heterocycles. The highest BCUT2D eigenvalue weighted by molar-refractivity contribution is 5.75. The molecule has 0 amide bonds. The zero-order valence-electron chi connectivity index (χ0n) is 23.1. The number of likely N-dealkylation sites (N-methyl/N-ethyl adjacent to an activating group) is 1. The van der Waals surface area contributed by atoms with Gasteiger partial charge in [0.1, 0.15) is 31.6 Å². The van der Waals surface area contributed by atoms with Gasteiger partial charge in [0.05, 0.1) is 19.6 Å². The van der Waals surface area contributed by atoms with Crippen LogP contribution >= 0.6 is 0 Å². The Hall–Kier alpha value is -4.79. The fraction of sp³-hybridized carbons (Fsp3) is 0.276. The summed E-state index contributed by atoms with van der Waals surface area (Å²) in [6.07, 6.45) is -8.27. The smallest absolute Gasteiger partial charge is 0.406 e. The first kappa shape index (κ1) is 30.7. The summed E-state index contributed by atoms with van der Waals surface area (Å²) in [5.41, 5.74) is 2.71. The Labute approximate surface area is 246 Å². The lowest BCUT2D eigenvalue weighted by Gasteiger charge is -2.39. The second-order valence-corrected chi connectivity index (χ2v) is 10.3. The van der Waals surface area contributed by atoms with Gasteiger partial charge in [-0.05, 0) is 48.0 Å². The minimum atomic E-state index is -5.07. The zero-order chi connectivity index (χ0) is 31.7. The highest BCUT2D eigenvalue weighted by atomic mass is 19.4. The molecule has 1 saturated heterocycles. The van der Waals surface area contributed by atoms with Crippen molar-refractivity contribution in [2.24, 2.45) is 0 Å². The molecule has 9 nitrogen and oxygen atoms in total. The van der Waals surface area contributed by atoms with Crippen molar-refractivity contribution in [3.63, 3.8) is 0 Å². The molecule has 0 unspecified atom stereocenters. The van der Waals surface area contributed by atoms with Crippen molar-refractivity contribution in [2.45, 2.75) is 19.1 Å². The molecule has 0 bridgehead atoms. The molecule has 0 aliphatic carbocycles. The van der Waals surface area contributed by atoms with Gasteiger partial charge >= 0.3 is 18.5 Å². The number of carbonyl (C=O) groups excluding carboxylic acids is 1. The van der Waals surface area contributed by atoms with Gasteiger partial charge in [0.2, 0.25) is 0 Å². The van der Waals surface area contributed by atoms with E-state index in [0.717, 1.165) is 23.4 Å². The molecule has 0 radical (unpaired) electrons. The summed E-state index contributed by atoms with van der Waals surface area (Å²) in [5, 5.41) is 3.99. The minimum Gasteiger partial charge on any atom is -0.406 e. The molecule has 15 heteroatoms. The molecule has 1 aliphatic heterocycles. The average molecular weight is 624 g/mol. The van der Waals surface area contributed by atoms with Crippen LogP contribution in [-0.4, -0.2) is 66.1 Å². The minimum absolute atomic E-state index is 0.151. The summed E-state index contributed by atoms with van der Waals surface area (Å²) in [5.74, 6) is -2.26. The molecule has 0 N–H and O–H groups in total. The number of halogens is 6. The maximum atomic E-state index is 12.7. The maximum Gasteiger partial charge on any atom is 0.573 e. The predicted molar refractivity (Wildman–Crippen MR) is 144 cm³/mol. The van der Waals surface area contributed by atoms with E-state index in [9.17, 15) is 35.9 Å². The van der Waals surface area contributed by atoms with Crippen molar-refractivity contribution in [1.82, 2.24) is 9.72 Å². The third-order valence-electron chi connectivity index (χ3n) is 7.01. The first-order chi connectivity index (χ1) is 20.7. The average Bonchev–Trinajstić information content (AvgIpc) is 3.44. The summed E-state index contributed by atoms with van der Waals surface area (Å²) in [6, 6.07) is 17.0. The Morgan fingerprint density at radius 1 is 0.955 bits per heavy atom. The van der Waals surface area contributed by atoms with Crippen LogP contribution in [0.2, 0.25) is 0 Å². The van der Waals surface area contributed by atoms with Gasteiger partial charge in [0.25, 0.3) is 5.56 Å². The lowest BCUT2D eigenvalue weighted by molar-refractivity contribution is -1.08. The predicted octanol–water partition coefficient (Wildman–Crippen LogP) is 5.40. The molecule has 0 saturated carbocycles. The first-order valence-corrected chi connectivity index (χ1v) is 13.2. The van der Waals surface area contributed by atoms with Crippen LogP contribution < -0.4 is 15.2 Å². The van der Waals surface area contributed by atoms with Gasteiger partial charge in [-0.15, -0.1) is 17.8 Å². The third kappa shape index (κ3) is 7.40. The normalized spacial score (nSPS) is 15.2. The number of hydroxylamine groups is 3. The van der Waals surface area contributed by atoms with Crippen LogP contribution in [0.15, 0.2) is 82.2 Å². The first-order valence-electron chi connectivity index (χ1n) is 13.2. The van der Waals surface area contributed by atoms with Gasteiger partial charge in [-0.25, -0.2) is 4.79 Å². The lowest BCUT2D eigenvalue weighted by atomic mass is 10.1. The Morgan fingerprint density at radius 2 is 1.64 bits per heavy atom. The topological polar surface area (TPSA) is 86.8 Å². The molecule has 1 aliphatic rings. The number of piperazine rings is 1. The van der Waals surface area contributed by atoms with E-state index in [1.165, 1.54) is 29.8 Å². The van der Waals surface area contributed by atoms with Gasteiger partial charge in [-0.3, -0.25) is 9.63 Å². The second-order valence-electron chi connectivity index (χ2n) is 10.3. The van der Waals surface area contributed by atoms with Gasteiger partial charge in [0.15, 0.2) is 5.76 Å². The maximum absolute atomic E-state index is 12.7. The number of pyridine rings is 1. The van der Waals surface area contributed by atoms with Crippen molar-refractivity contribution in [3.05, 3.63) is 88.8 Å². The van der Waals surface area contributed by atoms with Crippen LogP contribution in [0.3, 0.4) is 0 Å². The number of aromatic nitrogens is 2. The summed E-state index contributed by atoms with van der Waals surface area (Å²) in [6.45, 7) is 1.18. The molecule has 232 valence electrons. The Morgan fingerprint density at radius 3 is 2.30 bits per heavy atom. The molecule has 4 aromatic rings. The molecular formula is C29H25F6N4O5+. The standard InChI is InChI=1S/C29H25F6N4O5/c1-39(44-27(41)28(30,31)32)13-11-37(12-14-39)22-4-2-3-19(15-22)17-38-18-21(7-10-26(38)40)25-16-24(36-43-25)20-5-8-23(9-6-20)42-29(33,34)35/h2-10,15-16,18H,11-14,17H2,1H3/q+1. The fourth-order valence-electron chi connectivity index (χ4n) is 4.71.